The van der Waals surface area contributed by atoms with Gasteiger partial charge in [-0.2, -0.15) is 0 Å². The maximum atomic E-state index is 11.7. The van der Waals surface area contributed by atoms with Gasteiger partial charge in [-0.05, 0) is 29.8 Å². The van der Waals surface area contributed by atoms with Crippen LogP contribution < -0.4 is 10.6 Å². The Morgan fingerprint density at radius 1 is 1.00 bits per heavy atom. The highest BCUT2D eigenvalue weighted by Crippen LogP contribution is 2.13. The van der Waals surface area contributed by atoms with Crippen LogP contribution >= 0.6 is 11.6 Å². The van der Waals surface area contributed by atoms with Crippen LogP contribution in [0, 0.1) is 0 Å². The SMILES string of the molecule is O=C(CCNc1ccc(Cl)cc1)NCc1ccccc1. The molecular weight excluding hydrogens is 272 g/mol. The van der Waals surface area contributed by atoms with Gasteiger partial charge in [-0.25, -0.2) is 0 Å². The topological polar surface area (TPSA) is 41.1 Å². The number of amides is 1. The summed E-state index contributed by atoms with van der Waals surface area (Å²) in [6, 6.07) is 17.3. The molecule has 0 saturated carbocycles. The van der Waals surface area contributed by atoms with E-state index in [0.29, 0.717) is 24.5 Å². The molecule has 20 heavy (non-hydrogen) atoms. The van der Waals surface area contributed by atoms with Crippen molar-refractivity contribution in [3.63, 3.8) is 0 Å². The highest BCUT2D eigenvalue weighted by atomic mass is 35.5. The third-order valence-electron chi connectivity index (χ3n) is 2.86. The Morgan fingerprint density at radius 3 is 2.40 bits per heavy atom. The Hall–Kier alpha value is -2.00. The second kappa shape index (κ2) is 7.56. The van der Waals surface area contributed by atoms with E-state index in [1.807, 2.05) is 54.6 Å². The molecule has 0 bridgehead atoms. The molecule has 3 nitrogen and oxygen atoms in total. The second-order valence-electron chi connectivity index (χ2n) is 4.45. The molecule has 0 atom stereocenters. The largest absolute Gasteiger partial charge is 0.385 e. The Bertz CT molecular complexity index is 540. The molecule has 0 aliphatic carbocycles. The first-order chi connectivity index (χ1) is 9.74. The second-order valence-corrected chi connectivity index (χ2v) is 4.88. The molecule has 2 aromatic carbocycles. The minimum absolute atomic E-state index is 0.0373. The summed E-state index contributed by atoms with van der Waals surface area (Å²) in [5.74, 6) is 0.0373. The van der Waals surface area contributed by atoms with Gasteiger partial charge in [0.2, 0.25) is 5.91 Å². The van der Waals surface area contributed by atoms with Gasteiger partial charge < -0.3 is 10.6 Å². The summed E-state index contributed by atoms with van der Waals surface area (Å²) in [4.78, 5) is 11.7. The van der Waals surface area contributed by atoms with Gasteiger partial charge in [-0.15, -0.1) is 0 Å². The van der Waals surface area contributed by atoms with E-state index in [1.54, 1.807) is 0 Å². The molecule has 1 amide bonds. The zero-order valence-corrected chi connectivity index (χ0v) is 11.9. The van der Waals surface area contributed by atoms with Crippen LogP contribution in [0.25, 0.3) is 0 Å². The van der Waals surface area contributed by atoms with Crippen molar-refractivity contribution >= 4 is 23.2 Å². The summed E-state index contributed by atoms with van der Waals surface area (Å²) in [5.41, 5.74) is 2.07. The van der Waals surface area contributed by atoms with Crippen LogP contribution in [0.3, 0.4) is 0 Å². The maximum absolute atomic E-state index is 11.7. The van der Waals surface area contributed by atoms with E-state index in [1.165, 1.54) is 0 Å². The van der Waals surface area contributed by atoms with Crippen LogP contribution in [0.15, 0.2) is 54.6 Å². The number of rotatable bonds is 6. The lowest BCUT2D eigenvalue weighted by Gasteiger charge is -2.07. The number of halogens is 1. The number of benzene rings is 2. The lowest BCUT2D eigenvalue weighted by Crippen LogP contribution is -2.24. The van der Waals surface area contributed by atoms with E-state index >= 15 is 0 Å². The molecule has 0 aliphatic heterocycles. The van der Waals surface area contributed by atoms with Crippen LogP contribution in [0.5, 0.6) is 0 Å². The monoisotopic (exact) mass is 288 g/mol. The smallest absolute Gasteiger partial charge is 0.222 e. The number of hydrogen-bond acceptors (Lipinski definition) is 2. The molecule has 0 radical (unpaired) electrons. The maximum Gasteiger partial charge on any atom is 0.222 e. The van der Waals surface area contributed by atoms with Crippen molar-refractivity contribution in [3.05, 3.63) is 65.2 Å². The van der Waals surface area contributed by atoms with Crippen molar-refractivity contribution in [2.45, 2.75) is 13.0 Å². The molecule has 104 valence electrons. The third-order valence-corrected chi connectivity index (χ3v) is 3.11. The van der Waals surface area contributed by atoms with Crippen molar-refractivity contribution in [2.75, 3.05) is 11.9 Å². The van der Waals surface area contributed by atoms with E-state index < -0.39 is 0 Å². The van der Waals surface area contributed by atoms with Crippen LogP contribution in [0.1, 0.15) is 12.0 Å². The van der Waals surface area contributed by atoms with E-state index in [4.69, 9.17) is 11.6 Å². The molecule has 0 saturated heterocycles. The van der Waals surface area contributed by atoms with Crippen molar-refractivity contribution in [2.24, 2.45) is 0 Å². The molecule has 2 aromatic rings. The molecule has 2 rings (SSSR count). The Kier molecular flexibility index (Phi) is 5.44. The molecule has 0 aromatic heterocycles. The number of nitrogens with one attached hydrogen (secondary N) is 2. The summed E-state index contributed by atoms with van der Waals surface area (Å²) in [6.07, 6.45) is 0.440. The van der Waals surface area contributed by atoms with Crippen molar-refractivity contribution in [1.82, 2.24) is 5.32 Å². The Balaban J connectivity index is 1.66. The van der Waals surface area contributed by atoms with Crippen molar-refractivity contribution < 1.29 is 4.79 Å². The van der Waals surface area contributed by atoms with Gasteiger partial charge in [0.15, 0.2) is 0 Å². The highest BCUT2D eigenvalue weighted by Gasteiger charge is 2.01. The molecule has 2 N–H and O–H groups in total. The number of carbonyl (C=O) groups excluding carboxylic acids is 1. The first-order valence-electron chi connectivity index (χ1n) is 6.54. The minimum Gasteiger partial charge on any atom is -0.385 e. The fourth-order valence-electron chi connectivity index (χ4n) is 1.77. The van der Waals surface area contributed by atoms with Gasteiger partial charge in [-0.3, -0.25) is 4.79 Å². The zero-order chi connectivity index (χ0) is 14.2. The fraction of sp³-hybridized carbons (Fsp3) is 0.188. The van der Waals surface area contributed by atoms with Gasteiger partial charge in [0.05, 0.1) is 0 Å². The Morgan fingerprint density at radius 2 is 1.70 bits per heavy atom. The molecule has 0 spiro atoms. The fourth-order valence-corrected chi connectivity index (χ4v) is 1.90. The van der Waals surface area contributed by atoms with Crippen molar-refractivity contribution in [3.8, 4) is 0 Å². The number of carbonyl (C=O) groups is 1. The van der Waals surface area contributed by atoms with Crippen LogP contribution in [-0.2, 0) is 11.3 Å². The van der Waals surface area contributed by atoms with Gasteiger partial charge in [-0.1, -0.05) is 41.9 Å². The lowest BCUT2D eigenvalue weighted by molar-refractivity contribution is -0.121. The molecule has 4 heteroatoms. The van der Waals surface area contributed by atoms with Gasteiger partial charge in [0.1, 0.15) is 0 Å². The summed E-state index contributed by atoms with van der Waals surface area (Å²) in [7, 11) is 0. The van der Waals surface area contributed by atoms with Gasteiger partial charge in [0, 0.05) is 30.2 Å². The number of anilines is 1. The number of hydrogen-bond donors (Lipinski definition) is 2. The Labute approximate surface area is 124 Å². The summed E-state index contributed by atoms with van der Waals surface area (Å²) < 4.78 is 0. The molecule has 0 fully saturated rings. The summed E-state index contributed by atoms with van der Waals surface area (Å²) in [6.45, 7) is 1.17. The normalized spacial score (nSPS) is 10.1. The van der Waals surface area contributed by atoms with Crippen LogP contribution in [-0.4, -0.2) is 12.5 Å². The predicted molar refractivity (Wildman–Crippen MR) is 82.8 cm³/mol. The molecular formula is C16H17ClN2O. The third kappa shape index (κ3) is 4.94. The van der Waals surface area contributed by atoms with E-state index in [0.717, 1.165) is 11.3 Å². The van der Waals surface area contributed by atoms with E-state index in [-0.39, 0.29) is 5.91 Å². The van der Waals surface area contributed by atoms with E-state index in [2.05, 4.69) is 10.6 Å². The summed E-state index contributed by atoms with van der Waals surface area (Å²) >= 11 is 5.80. The summed E-state index contributed by atoms with van der Waals surface area (Å²) in [5, 5.41) is 6.78. The quantitative estimate of drug-likeness (QED) is 0.855. The first-order valence-corrected chi connectivity index (χ1v) is 6.92. The lowest BCUT2D eigenvalue weighted by atomic mass is 10.2. The molecule has 0 aliphatic rings. The van der Waals surface area contributed by atoms with Crippen molar-refractivity contribution in [1.29, 1.82) is 0 Å². The first kappa shape index (κ1) is 14.4. The molecule has 0 unspecified atom stereocenters. The van der Waals surface area contributed by atoms with Crippen LogP contribution in [0.4, 0.5) is 5.69 Å². The highest BCUT2D eigenvalue weighted by molar-refractivity contribution is 6.30. The predicted octanol–water partition coefficient (Wildman–Crippen LogP) is 3.46. The van der Waals surface area contributed by atoms with Crippen LogP contribution in [0.2, 0.25) is 5.02 Å². The minimum atomic E-state index is 0.0373. The van der Waals surface area contributed by atoms with Gasteiger partial charge >= 0.3 is 0 Å². The zero-order valence-electron chi connectivity index (χ0n) is 11.1. The average molecular weight is 289 g/mol. The molecule has 0 heterocycles. The standard InChI is InChI=1S/C16H17ClN2O/c17-14-6-8-15(9-7-14)18-11-10-16(20)19-12-13-4-2-1-3-5-13/h1-9,18H,10-12H2,(H,19,20). The van der Waals surface area contributed by atoms with Gasteiger partial charge in [0.25, 0.3) is 0 Å². The average Bonchev–Trinajstić information content (AvgIpc) is 2.48. The van der Waals surface area contributed by atoms with E-state index in [9.17, 15) is 4.79 Å².